The standard InChI is InChI=1S/C28H21N3O4S/c1-35-23-12-5-3-8-18(23)16-24-27(32)30-26(19-9-6-10-20(15-19)31(33)34)22-14-13-17-7-2-4-11-21(17)25(22)29-28(30)36-24/h2-12,15-16,26H,13-14H2,1H3/b24-16-. The number of non-ortho nitro benzene ring substituents is 1. The van der Waals surface area contributed by atoms with E-state index in [0.717, 1.165) is 35.2 Å². The van der Waals surface area contributed by atoms with Crippen LogP contribution in [0.5, 0.6) is 5.75 Å². The highest BCUT2D eigenvalue weighted by Gasteiger charge is 2.33. The summed E-state index contributed by atoms with van der Waals surface area (Å²) in [6, 6.07) is 21.8. The van der Waals surface area contributed by atoms with Crippen molar-refractivity contribution in [2.45, 2.75) is 18.9 Å². The molecule has 3 aromatic carbocycles. The highest BCUT2D eigenvalue weighted by molar-refractivity contribution is 7.07. The minimum absolute atomic E-state index is 0.000918. The molecule has 1 unspecified atom stereocenters. The number of aromatic nitrogens is 1. The summed E-state index contributed by atoms with van der Waals surface area (Å²) in [5.41, 5.74) is 5.46. The summed E-state index contributed by atoms with van der Waals surface area (Å²) in [7, 11) is 1.60. The fraction of sp³-hybridized carbons (Fsp3) is 0.143. The molecule has 0 saturated heterocycles. The van der Waals surface area contributed by atoms with Crippen molar-refractivity contribution in [1.29, 1.82) is 0 Å². The second-order valence-electron chi connectivity index (χ2n) is 8.71. The van der Waals surface area contributed by atoms with Gasteiger partial charge in [0.25, 0.3) is 11.2 Å². The summed E-state index contributed by atoms with van der Waals surface area (Å²) < 4.78 is 7.69. The van der Waals surface area contributed by atoms with Gasteiger partial charge in [0.05, 0.1) is 28.3 Å². The van der Waals surface area contributed by atoms with Crippen LogP contribution in [0.1, 0.15) is 34.7 Å². The predicted octanol–water partition coefficient (Wildman–Crippen LogP) is 4.24. The number of allylic oxidation sites excluding steroid dienone is 1. The Bertz CT molecular complexity index is 1750. The van der Waals surface area contributed by atoms with Crippen molar-refractivity contribution in [3.8, 4) is 5.75 Å². The monoisotopic (exact) mass is 495 g/mol. The molecule has 1 atom stereocenters. The number of benzene rings is 3. The van der Waals surface area contributed by atoms with E-state index >= 15 is 0 Å². The van der Waals surface area contributed by atoms with Crippen molar-refractivity contribution in [1.82, 2.24) is 4.57 Å². The van der Waals surface area contributed by atoms with Crippen LogP contribution in [0.4, 0.5) is 5.69 Å². The molecular weight excluding hydrogens is 474 g/mol. The Morgan fingerprint density at radius 2 is 1.89 bits per heavy atom. The molecule has 178 valence electrons. The molecule has 2 heterocycles. The molecular formula is C28H21N3O4S. The molecule has 7 nitrogen and oxygen atoms in total. The molecule has 0 fully saturated rings. The summed E-state index contributed by atoms with van der Waals surface area (Å²) >= 11 is 1.32. The number of hydrogen-bond donors (Lipinski definition) is 0. The van der Waals surface area contributed by atoms with E-state index in [1.807, 2.05) is 48.5 Å². The lowest BCUT2D eigenvalue weighted by Gasteiger charge is -2.30. The van der Waals surface area contributed by atoms with Crippen LogP contribution in [0.2, 0.25) is 0 Å². The first-order valence-electron chi connectivity index (χ1n) is 11.6. The van der Waals surface area contributed by atoms with E-state index in [2.05, 4.69) is 12.1 Å². The van der Waals surface area contributed by atoms with E-state index in [1.54, 1.807) is 23.8 Å². The number of nitro benzene ring substituents is 1. The van der Waals surface area contributed by atoms with Gasteiger partial charge in [-0.05, 0) is 41.7 Å². The predicted molar refractivity (Wildman–Crippen MR) is 139 cm³/mol. The van der Waals surface area contributed by atoms with E-state index < -0.39 is 11.0 Å². The fourth-order valence-corrected chi connectivity index (χ4v) is 6.05. The number of nitrogens with zero attached hydrogens (tertiary/aromatic N) is 3. The third-order valence-corrected chi connectivity index (χ3v) is 7.68. The summed E-state index contributed by atoms with van der Waals surface area (Å²) in [5.74, 6) is 0.673. The van der Waals surface area contributed by atoms with Gasteiger partial charge in [0.15, 0.2) is 4.80 Å². The van der Waals surface area contributed by atoms with Gasteiger partial charge in [-0.25, -0.2) is 4.99 Å². The van der Waals surface area contributed by atoms with Crippen LogP contribution in [-0.2, 0) is 6.42 Å². The zero-order valence-electron chi connectivity index (χ0n) is 19.4. The van der Waals surface area contributed by atoms with Crippen LogP contribution in [0.3, 0.4) is 0 Å². The smallest absolute Gasteiger partial charge is 0.271 e. The first kappa shape index (κ1) is 22.2. The lowest BCUT2D eigenvalue weighted by atomic mass is 9.83. The third kappa shape index (κ3) is 3.58. The van der Waals surface area contributed by atoms with E-state index in [9.17, 15) is 14.9 Å². The van der Waals surface area contributed by atoms with Gasteiger partial charge in [-0.3, -0.25) is 19.5 Å². The molecule has 4 aromatic rings. The maximum absolute atomic E-state index is 13.8. The van der Waals surface area contributed by atoms with Crippen molar-refractivity contribution >= 4 is 28.8 Å². The molecule has 0 spiro atoms. The minimum Gasteiger partial charge on any atom is -0.496 e. The van der Waals surface area contributed by atoms with E-state index in [-0.39, 0.29) is 11.2 Å². The maximum atomic E-state index is 13.8. The first-order valence-corrected chi connectivity index (χ1v) is 12.4. The molecule has 8 heteroatoms. The number of ether oxygens (including phenoxy) is 1. The molecule has 0 N–H and O–H groups in total. The number of aryl methyl sites for hydroxylation is 1. The lowest BCUT2D eigenvalue weighted by molar-refractivity contribution is -0.384. The molecule has 1 aliphatic heterocycles. The number of methoxy groups -OCH3 is 1. The van der Waals surface area contributed by atoms with Gasteiger partial charge in [-0.15, -0.1) is 0 Å². The zero-order chi connectivity index (χ0) is 24.8. The molecule has 0 saturated carbocycles. The summed E-state index contributed by atoms with van der Waals surface area (Å²) in [4.78, 5) is 30.5. The van der Waals surface area contributed by atoms with Crippen LogP contribution < -0.4 is 19.6 Å². The van der Waals surface area contributed by atoms with Gasteiger partial charge in [0, 0.05) is 23.3 Å². The normalized spacial score (nSPS) is 16.6. The second kappa shape index (κ2) is 8.73. The Labute approximate surface area is 210 Å². The molecule has 6 rings (SSSR count). The number of thiazole rings is 1. The average molecular weight is 496 g/mol. The largest absolute Gasteiger partial charge is 0.496 e. The number of rotatable bonds is 4. The summed E-state index contributed by atoms with van der Waals surface area (Å²) in [5, 5.41) is 11.6. The average Bonchev–Trinajstić information content (AvgIpc) is 3.22. The van der Waals surface area contributed by atoms with Crippen molar-refractivity contribution in [2.75, 3.05) is 7.11 Å². The molecule has 0 radical (unpaired) electrons. The van der Waals surface area contributed by atoms with Crippen molar-refractivity contribution in [3.63, 3.8) is 0 Å². The number of fused-ring (bicyclic) bond motifs is 3. The minimum atomic E-state index is -0.468. The summed E-state index contributed by atoms with van der Waals surface area (Å²) in [6.45, 7) is 0. The fourth-order valence-electron chi connectivity index (χ4n) is 5.06. The van der Waals surface area contributed by atoms with Crippen LogP contribution in [0, 0.1) is 10.1 Å². The second-order valence-corrected chi connectivity index (χ2v) is 9.72. The Morgan fingerprint density at radius 3 is 2.72 bits per heavy atom. The molecule has 2 aliphatic rings. The molecule has 36 heavy (non-hydrogen) atoms. The topological polar surface area (TPSA) is 86.7 Å². The van der Waals surface area contributed by atoms with Gasteiger partial charge in [0.2, 0.25) is 0 Å². The Kier molecular flexibility index (Phi) is 5.38. The van der Waals surface area contributed by atoms with Gasteiger partial charge in [0.1, 0.15) is 5.75 Å². The zero-order valence-corrected chi connectivity index (χ0v) is 20.2. The van der Waals surface area contributed by atoms with E-state index in [1.165, 1.54) is 23.0 Å². The van der Waals surface area contributed by atoms with Gasteiger partial charge >= 0.3 is 0 Å². The lowest BCUT2D eigenvalue weighted by Crippen LogP contribution is -2.38. The molecule has 1 aliphatic carbocycles. The third-order valence-electron chi connectivity index (χ3n) is 6.70. The number of para-hydroxylation sites is 1. The quantitative estimate of drug-likeness (QED) is 0.313. The molecule has 1 aromatic heterocycles. The number of hydrogen-bond acceptors (Lipinski definition) is 6. The van der Waals surface area contributed by atoms with Gasteiger partial charge < -0.3 is 4.74 Å². The van der Waals surface area contributed by atoms with Crippen LogP contribution in [0.15, 0.2) is 88.2 Å². The highest BCUT2D eigenvalue weighted by atomic mass is 32.1. The highest BCUT2D eigenvalue weighted by Crippen LogP contribution is 2.41. The van der Waals surface area contributed by atoms with E-state index in [4.69, 9.17) is 9.73 Å². The van der Waals surface area contributed by atoms with Gasteiger partial charge in [-0.2, -0.15) is 0 Å². The summed E-state index contributed by atoms with van der Waals surface area (Å²) in [6.07, 6.45) is 3.37. The number of nitro groups is 1. The van der Waals surface area contributed by atoms with Crippen LogP contribution >= 0.6 is 11.3 Å². The maximum Gasteiger partial charge on any atom is 0.271 e. The van der Waals surface area contributed by atoms with Crippen LogP contribution in [0.25, 0.3) is 11.8 Å². The Hall–Kier alpha value is -4.30. The van der Waals surface area contributed by atoms with E-state index in [0.29, 0.717) is 20.6 Å². The van der Waals surface area contributed by atoms with Crippen molar-refractivity contribution in [2.24, 2.45) is 4.99 Å². The van der Waals surface area contributed by atoms with Crippen molar-refractivity contribution in [3.05, 3.63) is 130 Å². The first-order chi connectivity index (χ1) is 17.5. The van der Waals surface area contributed by atoms with Crippen molar-refractivity contribution < 1.29 is 9.66 Å². The molecule has 0 amide bonds. The Morgan fingerprint density at radius 1 is 1.08 bits per heavy atom. The van der Waals surface area contributed by atoms with Gasteiger partial charge in [-0.1, -0.05) is 65.9 Å². The molecule has 0 bridgehead atoms. The van der Waals surface area contributed by atoms with Crippen LogP contribution in [-0.4, -0.2) is 16.6 Å². The SMILES string of the molecule is COc1ccccc1/C=c1\sc2n(c1=O)C(c1cccc([N+](=O)[O-])c1)C1=C(N=2)c2ccccc2CC1. The Balaban J connectivity index is 1.64.